The summed E-state index contributed by atoms with van der Waals surface area (Å²) in [6.45, 7) is 0. The molecule has 3 heterocycles. The lowest BCUT2D eigenvalue weighted by atomic mass is 9.98. The van der Waals surface area contributed by atoms with Crippen molar-refractivity contribution in [1.29, 1.82) is 0 Å². The van der Waals surface area contributed by atoms with Gasteiger partial charge in [-0.05, 0) is 35.9 Å². The minimum atomic E-state index is 0.960. The molecule has 0 radical (unpaired) electrons. The third-order valence-electron chi connectivity index (χ3n) is 5.58. The Kier molecular flexibility index (Phi) is 3.78. The zero-order valence-corrected chi connectivity index (χ0v) is 16.2. The van der Waals surface area contributed by atoms with Gasteiger partial charge in [0.25, 0.3) is 0 Å². The Hall–Kier alpha value is -4.11. The van der Waals surface area contributed by atoms with Gasteiger partial charge in [0, 0.05) is 51.3 Å². The van der Waals surface area contributed by atoms with Gasteiger partial charge < -0.3 is 0 Å². The molecular formula is C27H17N3. The molecule has 0 amide bonds. The summed E-state index contributed by atoms with van der Waals surface area (Å²) in [5.41, 5.74) is 6.32. The van der Waals surface area contributed by atoms with Gasteiger partial charge in [0.1, 0.15) is 0 Å². The molecule has 0 bridgehead atoms. The summed E-state index contributed by atoms with van der Waals surface area (Å²) in [5.74, 6) is 0. The molecule has 6 rings (SSSR count). The maximum atomic E-state index is 5.12. The van der Waals surface area contributed by atoms with Crippen LogP contribution < -0.4 is 0 Å². The zero-order chi connectivity index (χ0) is 19.9. The third kappa shape index (κ3) is 2.64. The van der Waals surface area contributed by atoms with Crippen LogP contribution in [0.2, 0.25) is 0 Å². The van der Waals surface area contributed by atoms with Crippen LogP contribution >= 0.6 is 0 Å². The van der Waals surface area contributed by atoms with Gasteiger partial charge >= 0.3 is 0 Å². The van der Waals surface area contributed by atoms with Gasteiger partial charge in [-0.2, -0.15) is 0 Å². The van der Waals surface area contributed by atoms with Gasteiger partial charge in [0.05, 0.1) is 16.7 Å². The molecule has 0 fully saturated rings. The largest absolute Gasteiger partial charge is 0.264 e. The summed E-state index contributed by atoms with van der Waals surface area (Å²) >= 11 is 0. The fourth-order valence-corrected chi connectivity index (χ4v) is 4.17. The van der Waals surface area contributed by atoms with Crippen LogP contribution in [0.4, 0.5) is 0 Å². The van der Waals surface area contributed by atoms with Gasteiger partial charge in [-0.15, -0.1) is 0 Å². The van der Waals surface area contributed by atoms with Crippen molar-refractivity contribution in [3.05, 3.63) is 104 Å². The van der Waals surface area contributed by atoms with Gasteiger partial charge in [-0.3, -0.25) is 9.97 Å². The van der Waals surface area contributed by atoms with E-state index in [1.165, 1.54) is 0 Å². The molecule has 0 spiro atoms. The molecule has 0 aliphatic heterocycles. The van der Waals surface area contributed by atoms with Crippen molar-refractivity contribution in [2.45, 2.75) is 0 Å². The number of aromatic nitrogens is 3. The van der Waals surface area contributed by atoms with Crippen LogP contribution in [0.3, 0.4) is 0 Å². The zero-order valence-electron chi connectivity index (χ0n) is 16.2. The Morgan fingerprint density at radius 2 is 1.20 bits per heavy atom. The standard InChI is InChI=1S/C27H17N3/c1-2-10-23-21(9-1)26-22(11-5-15-29-26)24-12-13-25(30-27(23)24)19-7-3-6-18(16-19)20-8-4-14-28-17-20/h1-17H. The van der Waals surface area contributed by atoms with Crippen molar-refractivity contribution in [1.82, 2.24) is 15.0 Å². The van der Waals surface area contributed by atoms with Gasteiger partial charge in [0.15, 0.2) is 0 Å². The molecule has 0 aliphatic carbocycles. The van der Waals surface area contributed by atoms with Crippen LogP contribution in [0.15, 0.2) is 104 Å². The molecule has 0 unspecified atom stereocenters. The number of pyridine rings is 3. The lowest BCUT2D eigenvalue weighted by Crippen LogP contribution is -1.90. The average Bonchev–Trinajstić information content (AvgIpc) is 2.84. The number of rotatable bonds is 2. The molecule has 140 valence electrons. The summed E-state index contributed by atoms with van der Waals surface area (Å²) in [6.07, 6.45) is 5.54. The van der Waals surface area contributed by atoms with Crippen molar-refractivity contribution in [2.24, 2.45) is 0 Å². The van der Waals surface area contributed by atoms with Crippen molar-refractivity contribution in [3.8, 4) is 22.4 Å². The van der Waals surface area contributed by atoms with E-state index in [9.17, 15) is 0 Å². The molecule has 0 N–H and O–H groups in total. The normalized spacial score (nSPS) is 11.3. The van der Waals surface area contributed by atoms with Crippen LogP contribution in [-0.2, 0) is 0 Å². The Bertz CT molecular complexity index is 1500. The van der Waals surface area contributed by atoms with Crippen LogP contribution in [0, 0.1) is 0 Å². The van der Waals surface area contributed by atoms with E-state index in [1.54, 1.807) is 6.20 Å². The highest BCUT2D eigenvalue weighted by atomic mass is 14.7. The maximum absolute atomic E-state index is 5.12. The van der Waals surface area contributed by atoms with Gasteiger partial charge in [-0.1, -0.05) is 54.6 Å². The Balaban J connectivity index is 1.61. The Morgan fingerprint density at radius 1 is 0.500 bits per heavy atom. The molecule has 3 heteroatoms. The number of fused-ring (bicyclic) bond motifs is 6. The van der Waals surface area contributed by atoms with Crippen LogP contribution in [0.5, 0.6) is 0 Å². The second kappa shape index (κ2) is 6.75. The lowest BCUT2D eigenvalue weighted by molar-refractivity contribution is 1.33. The van der Waals surface area contributed by atoms with E-state index in [-0.39, 0.29) is 0 Å². The first-order valence-corrected chi connectivity index (χ1v) is 9.95. The van der Waals surface area contributed by atoms with Crippen LogP contribution in [0.1, 0.15) is 0 Å². The fraction of sp³-hybridized carbons (Fsp3) is 0. The van der Waals surface area contributed by atoms with E-state index in [2.05, 4.69) is 82.8 Å². The fourth-order valence-electron chi connectivity index (χ4n) is 4.17. The molecular weight excluding hydrogens is 366 g/mol. The van der Waals surface area contributed by atoms with E-state index in [0.717, 1.165) is 55.0 Å². The molecule has 0 saturated carbocycles. The Labute approximate surface area is 173 Å². The number of benzene rings is 3. The summed E-state index contributed by atoms with van der Waals surface area (Å²) in [7, 11) is 0. The minimum absolute atomic E-state index is 0.960. The third-order valence-corrected chi connectivity index (χ3v) is 5.58. The monoisotopic (exact) mass is 383 g/mol. The van der Waals surface area contributed by atoms with Crippen molar-refractivity contribution in [2.75, 3.05) is 0 Å². The minimum Gasteiger partial charge on any atom is -0.264 e. The molecule has 30 heavy (non-hydrogen) atoms. The van der Waals surface area contributed by atoms with Gasteiger partial charge in [-0.25, -0.2) is 4.98 Å². The van der Waals surface area contributed by atoms with E-state index < -0.39 is 0 Å². The predicted molar refractivity (Wildman–Crippen MR) is 123 cm³/mol. The summed E-state index contributed by atoms with van der Waals surface area (Å²) in [6, 6.07) is 29.3. The quantitative estimate of drug-likeness (QED) is 0.314. The number of hydrogen-bond donors (Lipinski definition) is 0. The lowest BCUT2D eigenvalue weighted by Gasteiger charge is -2.11. The van der Waals surface area contributed by atoms with Crippen molar-refractivity contribution < 1.29 is 0 Å². The SMILES string of the molecule is c1cncc(-c2cccc(-c3ccc4c5cccnc5c5ccccc5c4n3)c2)c1. The molecule has 3 nitrogen and oxygen atoms in total. The molecule has 6 aromatic rings. The highest BCUT2D eigenvalue weighted by molar-refractivity contribution is 6.23. The predicted octanol–water partition coefficient (Wildman–Crippen LogP) is 6.67. The van der Waals surface area contributed by atoms with Crippen molar-refractivity contribution in [3.63, 3.8) is 0 Å². The topological polar surface area (TPSA) is 38.7 Å². The number of hydrogen-bond acceptors (Lipinski definition) is 3. The van der Waals surface area contributed by atoms with Crippen LogP contribution in [0.25, 0.3) is 55.0 Å². The molecule has 0 atom stereocenters. The molecule has 0 aliphatic rings. The second-order valence-corrected chi connectivity index (χ2v) is 7.36. The number of nitrogens with zero attached hydrogens (tertiary/aromatic N) is 3. The van der Waals surface area contributed by atoms with Gasteiger partial charge in [0.2, 0.25) is 0 Å². The first-order valence-electron chi connectivity index (χ1n) is 9.95. The van der Waals surface area contributed by atoms with E-state index in [1.807, 2.05) is 24.5 Å². The molecule has 0 saturated heterocycles. The average molecular weight is 383 g/mol. The highest BCUT2D eigenvalue weighted by Gasteiger charge is 2.11. The summed E-state index contributed by atoms with van der Waals surface area (Å²) in [5, 5.41) is 4.52. The Morgan fingerprint density at radius 3 is 2.03 bits per heavy atom. The molecule has 3 aromatic heterocycles. The van der Waals surface area contributed by atoms with Crippen LogP contribution in [-0.4, -0.2) is 15.0 Å². The summed E-state index contributed by atoms with van der Waals surface area (Å²) in [4.78, 5) is 14.0. The first-order chi connectivity index (χ1) is 14.9. The summed E-state index contributed by atoms with van der Waals surface area (Å²) < 4.78 is 0. The van der Waals surface area contributed by atoms with Crippen molar-refractivity contribution >= 4 is 32.6 Å². The smallest absolute Gasteiger partial charge is 0.0795 e. The first kappa shape index (κ1) is 16.8. The molecule has 3 aromatic carbocycles. The highest BCUT2D eigenvalue weighted by Crippen LogP contribution is 2.34. The van der Waals surface area contributed by atoms with E-state index in [0.29, 0.717) is 0 Å². The van der Waals surface area contributed by atoms with E-state index in [4.69, 9.17) is 4.98 Å². The van der Waals surface area contributed by atoms with E-state index >= 15 is 0 Å². The second-order valence-electron chi connectivity index (χ2n) is 7.36. The maximum Gasteiger partial charge on any atom is 0.0795 e.